The molecule has 7 nitrogen and oxygen atoms in total. The van der Waals surface area contributed by atoms with E-state index in [0.29, 0.717) is 12.8 Å². The zero-order chi connectivity index (χ0) is 19.5. The van der Waals surface area contributed by atoms with Crippen LogP contribution in [0.15, 0.2) is 12.2 Å². The van der Waals surface area contributed by atoms with E-state index < -0.39 is 38.5 Å². The maximum Gasteiger partial charge on any atom is 0.428 e. The monoisotopic (exact) mass is 393 g/mol. The second-order valence-electron chi connectivity index (χ2n) is 7.86. The molecule has 2 unspecified atom stereocenters. The minimum atomic E-state index is -6.19. The number of carbonyl (C=O) groups excluding carboxylic acids is 2. The van der Waals surface area contributed by atoms with Crippen molar-refractivity contribution >= 4 is 22.1 Å². The van der Waals surface area contributed by atoms with Crippen molar-refractivity contribution in [2.24, 2.45) is 11.8 Å². The van der Waals surface area contributed by atoms with E-state index in [0.717, 1.165) is 6.42 Å². The second kappa shape index (κ2) is 5.72. The zero-order valence-corrected chi connectivity index (χ0v) is 14.9. The Hall–Kier alpha value is -1.55. The quantitative estimate of drug-likeness (QED) is 0.398. The molecule has 0 N–H and O–H groups in total. The number of hydrogen-bond donors (Lipinski definition) is 0. The molecule has 2 atom stereocenters. The number of ether oxygens (including phenoxy) is 2. The zero-order valence-electron chi connectivity index (χ0n) is 14.1. The molecular formula is C16H19F2O7S-. The molecule has 0 aromatic rings. The predicted molar refractivity (Wildman–Crippen MR) is 81.8 cm³/mol. The van der Waals surface area contributed by atoms with E-state index in [9.17, 15) is 31.3 Å². The lowest BCUT2D eigenvalue weighted by atomic mass is 9.52. The highest BCUT2D eigenvalue weighted by atomic mass is 32.2. The van der Waals surface area contributed by atoms with E-state index >= 15 is 0 Å². The Morgan fingerprint density at radius 3 is 2.00 bits per heavy atom. The summed E-state index contributed by atoms with van der Waals surface area (Å²) in [6.45, 7) is 5.00. The van der Waals surface area contributed by atoms with Gasteiger partial charge in [-0.3, -0.25) is 0 Å². The summed E-state index contributed by atoms with van der Waals surface area (Å²) < 4.78 is 69.6. The largest absolute Gasteiger partial charge is 0.743 e. The standard InChI is InChI=1S/C16H20F2O7S/c1-9(2)12(19)24-14-4-10-3-11(5-14)7-15(6-10,8-14)25-13(20)16(17,18)26(21,22)23/h10-11H,1,3-8H2,2H3,(H,21,22,23)/p-1. The number of carbonyl (C=O) groups is 2. The maximum atomic E-state index is 13.5. The lowest BCUT2D eigenvalue weighted by molar-refractivity contribution is -0.236. The van der Waals surface area contributed by atoms with Crippen LogP contribution in [0.5, 0.6) is 0 Å². The summed E-state index contributed by atoms with van der Waals surface area (Å²) in [6.07, 6.45) is 2.40. The van der Waals surface area contributed by atoms with Crippen LogP contribution in [0.3, 0.4) is 0 Å². The Bertz CT molecular complexity index is 759. The highest BCUT2D eigenvalue weighted by Gasteiger charge is 2.63. The van der Waals surface area contributed by atoms with Gasteiger partial charge in [-0.1, -0.05) is 6.58 Å². The number of esters is 2. The molecule has 4 saturated carbocycles. The average Bonchev–Trinajstić information content (AvgIpc) is 2.43. The minimum Gasteiger partial charge on any atom is -0.743 e. The van der Waals surface area contributed by atoms with E-state index in [2.05, 4.69) is 6.58 Å². The Kier molecular flexibility index (Phi) is 4.23. The van der Waals surface area contributed by atoms with Crippen LogP contribution < -0.4 is 0 Å². The molecule has 4 bridgehead atoms. The smallest absolute Gasteiger partial charge is 0.428 e. The molecule has 146 valence electrons. The summed E-state index contributed by atoms with van der Waals surface area (Å²) in [7, 11) is -6.19. The van der Waals surface area contributed by atoms with Crippen molar-refractivity contribution < 1.29 is 40.8 Å². The van der Waals surface area contributed by atoms with E-state index in [-0.39, 0.29) is 36.7 Å². The SMILES string of the molecule is C=C(C)C(=O)OC12CC3CC(C1)CC(OC(=O)C(F)(F)S(=O)(=O)[O-])(C3)C2. The van der Waals surface area contributed by atoms with E-state index in [1.807, 2.05) is 0 Å². The number of halogens is 2. The third kappa shape index (κ3) is 3.13. The van der Waals surface area contributed by atoms with Crippen LogP contribution in [0.2, 0.25) is 0 Å². The Morgan fingerprint density at radius 2 is 1.58 bits per heavy atom. The van der Waals surface area contributed by atoms with Crippen LogP contribution in [0.4, 0.5) is 8.78 Å². The molecule has 4 rings (SSSR count). The fourth-order valence-electron chi connectivity index (χ4n) is 4.98. The maximum absolute atomic E-state index is 13.5. The molecule has 10 heteroatoms. The van der Waals surface area contributed by atoms with Gasteiger partial charge in [0.1, 0.15) is 11.2 Å². The van der Waals surface area contributed by atoms with Crippen molar-refractivity contribution in [3.05, 3.63) is 12.2 Å². The number of alkyl halides is 2. The summed E-state index contributed by atoms with van der Waals surface area (Å²) in [6, 6.07) is 0. The van der Waals surface area contributed by atoms with Crippen LogP contribution in [-0.2, 0) is 29.2 Å². The summed E-state index contributed by atoms with van der Waals surface area (Å²) in [4.78, 5) is 23.7. The first-order valence-electron chi connectivity index (χ1n) is 8.23. The normalized spacial score (nSPS) is 35.8. The molecule has 4 fully saturated rings. The van der Waals surface area contributed by atoms with Gasteiger partial charge in [-0.15, -0.1) is 0 Å². The second-order valence-corrected chi connectivity index (χ2v) is 9.28. The molecule has 0 saturated heterocycles. The minimum absolute atomic E-state index is 0.000507. The molecule has 26 heavy (non-hydrogen) atoms. The molecular weight excluding hydrogens is 374 g/mol. The van der Waals surface area contributed by atoms with Gasteiger partial charge in [0.25, 0.3) is 0 Å². The molecule has 0 amide bonds. The van der Waals surface area contributed by atoms with Crippen molar-refractivity contribution in [2.45, 2.75) is 61.9 Å². The van der Waals surface area contributed by atoms with E-state index in [4.69, 9.17) is 9.47 Å². The number of hydrogen-bond acceptors (Lipinski definition) is 7. The van der Waals surface area contributed by atoms with Crippen molar-refractivity contribution in [2.75, 3.05) is 0 Å². The number of rotatable bonds is 5. The Labute approximate surface area is 149 Å². The van der Waals surface area contributed by atoms with Crippen molar-refractivity contribution in [3.8, 4) is 0 Å². The highest BCUT2D eigenvalue weighted by molar-refractivity contribution is 7.87. The van der Waals surface area contributed by atoms with Crippen molar-refractivity contribution in [1.29, 1.82) is 0 Å². The fraction of sp³-hybridized carbons (Fsp3) is 0.750. The molecule has 0 radical (unpaired) electrons. The van der Waals surface area contributed by atoms with Gasteiger partial charge in [-0.25, -0.2) is 18.0 Å². The van der Waals surface area contributed by atoms with Gasteiger partial charge in [-0.05, 0) is 50.9 Å². The lowest BCUT2D eigenvalue weighted by Crippen LogP contribution is -2.62. The topological polar surface area (TPSA) is 110 Å². The summed E-state index contributed by atoms with van der Waals surface area (Å²) >= 11 is 0. The highest BCUT2D eigenvalue weighted by Crippen LogP contribution is 2.60. The van der Waals surface area contributed by atoms with E-state index in [1.165, 1.54) is 6.92 Å². The molecule has 4 aliphatic carbocycles. The van der Waals surface area contributed by atoms with Crippen LogP contribution in [0, 0.1) is 11.8 Å². The van der Waals surface area contributed by atoms with Gasteiger partial charge in [0, 0.05) is 12.0 Å². The lowest BCUT2D eigenvalue weighted by Gasteiger charge is -2.60. The van der Waals surface area contributed by atoms with Gasteiger partial charge in [-0.2, -0.15) is 8.78 Å². The Morgan fingerprint density at radius 1 is 1.12 bits per heavy atom. The molecule has 0 aliphatic heterocycles. The predicted octanol–water partition coefficient (Wildman–Crippen LogP) is 1.88. The van der Waals surface area contributed by atoms with Crippen LogP contribution in [0.1, 0.15) is 45.4 Å². The summed E-state index contributed by atoms with van der Waals surface area (Å²) in [5, 5.41) is -5.15. The molecule has 0 spiro atoms. The third-order valence-corrected chi connectivity index (χ3v) is 6.27. The Balaban J connectivity index is 1.85. The van der Waals surface area contributed by atoms with Gasteiger partial charge in [0.15, 0.2) is 10.1 Å². The molecule has 4 aliphatic rings. The van der Waals surface area contributed by atoms with Crippen LogP contribution >= 0.6 is 0 Å². The summed E-state index contributed by atoms with van der Waals surface area (Å²) in [5.74, 6) is -2.98. The van der Waals surface area contributed by atoms with Gasteiger partial charge >= 0.3 is 17.2 Å². The van der Waals surface area contributed by atoms with Gasteiger partial charge < -0.3 is 14.0 Å². The van der Waals surface area contributed by atoms with Gasteiger partial charge in [0.2, 0.25) is 0 Å². The van der Waals surface area contributed by atoms with Crippen molar-refractivity contribution in [1.82, 2.24) is 0 Å². The molecule has 0 aromatic heterocycles. The summed E-state index contributed by atoms with van der Waals surface area (Å²) in [5.41, 5.74) is -2.12. The van der Waals surface area contributed by atoms with Crippen LogP contribution in [-0.4, -0.2) is 41.4 Å². The fourth-order valence-corrected chi connectivity index (χ4v) is 5.22. The molecule has 0 aromatic carbocycles. The first-order chi connectivity index (χ1) is 11.8. The van der Waals surface area contributed by atoms with E-state index in [1.54, 1.807) is 0 Å². The van der Waals surface area contributed by atoms with Crippen LogP contribution in [0.25, 0.3) is 0 Å². The first kappa shape index (κ1) is 19.2. The molecule has 0 heterocycles. The van der Waals surface area contributed by atoms with Crippen molar-refractivity contribution in [3.63, 3.8) is 0 Å². The van der Waals surface area contributed by atoms with Gasteiger partial charge in [0.05, 0.1) is 0 Å². The average molecular weight is 393 g/mol. The first-order valence-corrected chi connectivity index (χ1v) is 9.64. The third-order valence-electron chi connectivity index (χ3n) is 5.47.